The van der Waals surface area contributed by atoms with Gasteiger partial charge < -0.3 is 15.0 Å². The van der Waals surface area contributed by atoms with Crippen molar-refractivity contribution in [1.82, 2.24) is 15.0 Å². The molecule has 4 rings (SSSR count). The molecular formula is C20H23N5O3S. The van der Waals surface area contributed by atoms with Crippen molar-refractivity contribution in [3.05, 3.63) is 44.8 Å². The van der Waals surface area contributed by atoms with Crippen molar-refractivity contribution < 1.29 is 9.53 Å². The van der Waals surface area contributed by atoms with Crippen molar-refractivity contribution in [1.29, 1.82) is 0 Å². The summed E-state index contributed by atoms with van der Waals surface area (Å²) in [6.07, 6.45) is 0.549. The van der Waals surface area contributed by atoms with Crippen molar-refractivity contribution in [2.24, 2.45) is 0 Å². The molecule has 2 N–H and O–H groups in total. The Morgan fingerprint density at radius 1 is 1.28 bits per heavy atom. The van der Waals surface area contributed by atoms with Crippen molar-refractivity contribution in [3.8, 4) is 0 Å². The third-order valence-electron chi connectivity index (χ3n) is 4.90. The van der Waals surface area contributed by atoms with Gasteiger partial charge in [-0.2, -0.15) is 0 Å². The number of aromatic nitrogens is 3. The highest BCUT2D eigenvalue weighted by atomic mass is 32.1. The summed E-state index contributed by atoms with van der Waals surface area (Å²) in [5, 5.41) is 3.89. The highest BCUT2D eigenvalue weighted by Gasteiger charge is 2.17. The summed E-state index contributed by atoms with van der Waals surface area (Å²) in [6.45, 7) is 6.42. The Morgan fingerprint density at radius 2 is 2.07 bits per heavy atom. The summed E-state index contributed by atoms with van der Waals surface area (Å²) in [5.41, 5.74) is 2.68. The maximum absolute atomic E-state index is 12.5. The minimum absolute atomic E-state index is 0.137. The van der Waals surface area contributed by atoms with Crippen LogP contribution in [0.4, 0.5) is 11.6 Å². The number of carbonyl (C=O) groups is 1. The number of nitrogens with one attached hydrogen (secondary N) is 2. The van der Waals surface area contributed by atoms with Crippen LogP contribution >= 0.6 is 11.3 Å². The first-order chi connectivity index (χ1) is 14.0. The summed E-state index contributed by atoms with van der Waals surface area (Å²) < 4.78 is 6.37. The molecule has 1 aromatic carbocycles. The largest absolute Gasteiger partial charge is 0.378 e. The number of H-pyrrole nitrogens is 1. The molecule has 3 aromatic rings. The molecule has 0 unspecified atom stereocenters. The summed E-state index contributed by atoms with van der Waals surface area (Å²) in [7, 11) is 0. The first kappa shape index (κ1) is 19.5. The van der Waals surface area contributed by atoms with Crippen molar-refractivity contribution in [2.75, 3.05) is 36.5 Å². The van der Waals surface area contributed by atoms with E-state index in [9.17, 15) is 9.59 Å². The van der Waals surface area contributed by atoms with E-state index in [0.717, 1.165) is 20.9 Å². The Morgan fingerprint density at radius 3 is 2.83 bits per heavy atom. The fraction of sp³-hybridized carbons (Fsp3) is 0.400. The van der Waals surface area contributed by atoms with Crippen LogP contribution in [0.1, 0.15) is 22.7 Å². The number of aromatic amines is 1. The van der Waals surface area contributed by atoms with Crippen LogP contribution in [0.2, 0.25) is 0 Å². The molecule has 0 aliphatic carbocycles. The molecule has 1 saturated heterocycles. The Kier molecular flexibility index (Phi) is 5.59. The van der Waals surface area contributed by atoms with Crippen molar-refractivity contribution in [2.45, 2.75) is 26.7 Å². The highest BCUT2D eigenvalue weighted by Crippen LogP contribution is 2.24. The second kappa shape index (κ2) is 8.30. The second-order valence-electron chi connectivity index (χ2n) is 7.02. The van der Waals surface area contributed by atoms with E-state index in [1.807, 2.05) is 36.9 Å². The van der Waals surface area contributed by atoms with E-state index in [-0.39, 0.29) is 17.9 Å². The lowest BCUT2D eigenvalue weighted by molar-refractivity contribution is -0.116. The summed E-state index contributed by atoms with van der Waals surface area (Å²) >= 11 is 1.59. The monoisotopic (exact) mass is 413 g/mol. The maximum Gasteiger partial charge on any atom is 0.255 e. The lowest BCUT2D eigenvalue weighted by atomic mass is 10.1. The van der Waals surface area contributed by atoms with Crippen LogP contribution in [0.5, 0.6) is 0 Å². The number of amides is 1. The lowest BCUT2D eigenvalue weighted by Crippen LogP contribution is -2.38. The van der Waals surface area contributed by atoms with Gasteiger partial charge in [0.15, 0.2) is 0 Å². The standard InChI is InChI=1S/C20H23N5O3S/c1-12-15(19(27)24-20(21-12)25-7-9-28-10-8-25)4-6-18(26)23-14-3-5-16-17(11-14)29-13(2)22-16/h3,5,11H,4,6-10H2,1-2H3,(H,23,26)(H,21,24,27). The van der Waals surface area contributed by atoms with Crippen LogP contribution in [0.15, 0.2) is 23.0 Å². The van der Waals surface area contributed by atoms with E-state index in [0.29, 0.717) is 49.9 Å². The smallest absolute Gasteiger partial charge is 0.255 e. The van der Waals surface area contributed by atoms with Gasteiger partial charge in [0.1, 0.15) is 0 Å². The van der Waals surface area contributed by atoms with Crippen LogP contribution in [0, 0.1) is 13.8 Å². The zero-order chi connectivity index (χ0) is 20.4. The van der Waals surface area contributed by atoms with Gasteiger partial charge in [0.2, 0.25) is 11.9 Å². The predicted octanol–water partition coefficient (Wildman–Crippen LogP) is 2.40. The van der Waals surface area contributed by atoms with Gasteiger partial charge in [0, 0.05) is 36.5 Å². The number of fused-ring (bicyclic) bond motifs is 1. The number of hydrogen-bond donors (Lipinski definition) is 2. The van der Waals surface area contributed by atoms with Crippen molar-refractivity contribution in [3.63, 3.8) is 0 Å². The fourth-order valence-corrected chi connectivity index (χ4v) is 4.26. The van der Waals surface area contributed by atoms with Gasteiger partial charge in [-0.05, 0) is 38.5 Å². The molecule has 1 aliphatic heterocycles. The molecule has 9 heteroatoms. The van der Waals surface area contributed by atoms with Gasteiger partial charge in [-0.1, -0.05) is 0 Å². The molecule has 0 bridgehead atoms. The molecule has 0 radical (unpaired) electrons. The van der Waals surface area contributed by atoms with Crippen LogP contribution < -0.4 is 15.8 Å². The second-order valence-corrected chi connectivity index (χ2v) is 8.25. The summed E-state index contributed by atoms with van der Waals surface area (Å²) in [6, 6.07) is 5.67. The Labute approximate surface area is 171 Å². The molecule has 0 spiro atoms. The number of benzene rings is 1. The number of hydrogen-bond acceptors (Lipinski definition) is 7. The van der Waals surface area contributed by atoms with Gasteiger partial charge in [0.25, 0.3) is 5.56 Å². The molecule has 0 saturated carbocycles. The zero-order valence-electron chi connectivity index (χ0n) is 16.4. The number of morpholine rings is 1. The van der Waals surface area contributed by atoms with Gasteiger partial charge in [-0.15, -0.1) is 11.3 Å². The number of anilines is 2. The number of nitrogens with zero attached hydrogens (tertiary/aromatic N) is 3. The average Bonchev–Trinajstić information content (AvgIpc) is 3.07. The maximum atomic E-state index is 12.5. The zero-order valence-corrected chi connectivity index (χ0v) is 17.3. The molecule has 3 heterocycles. The van der Waals surface area contributed by atoms with E-state index >= 15 is 0 Å². The molecule has 1 fully saturated rings. The third kappa shape index (κ3) is 4.46. The van der Waals surface area contributed by atoms with E-state index in [1.54, 1.807) is 11.3 Å². The van der Waals surface area contributed by atoms with Gasteiger partial charge in [0.05, 0.1) is 28.4 Å². The summed E-state index contributed by atoms with van der Waals surface area (Å²) in [4.78, 5) is 38.7. The molecular weight excluding hydrogens is 390 g/mol. The number of thiazole rings is 1. The van der Waals surface area contributed by atoms with E-state index in [1.165, 1.54) is 0 Å². The minimum atomic E-state index is -0.187. The van der Waals surface area contributed by atoms with Crippen LogP contribution in [0.25, 0.3) is 10.2 Å². The van der Waals surface area contributed by atoms with E-state index in [4.69, 9.17) is 4.74 Å². The fourth-order valence-electron chi connectivity index (χ4n) is 3.39. The highest BCUT2D eigenvalue weighted by molar-refractivity contribution is 7.18. The van der Waals surface area contributed by atoms with Crippen LogP contribution in [-0.4, -0.2) is 47.2 Å². The molecule has 8 nitrogen and oxygen atoms in total. The Bertz CT molecular complexity index is 1100. The predicted molar refractivity (Wildman–Crippen MR) is 114 cm³/mol. The minimum Gasteiger partial charge on any atom is -0.378 e. The van der Waals surface area contributed by atoms with Crippen molar-refractivity contribution >= 4 is 39.1 Å². The third-order valence-corrected chi connectivity index (χ3v) is 5.84. The SMILES string of the molecule is Cc1nc2ccc(NC(=O)CCc3c(C)nc(N4CCOCC4)[nH]c3=O)cc2s1. The number of aryl methyl sites for hydroxylation is 2. The number of carbonyl (C=O) groups excluding carboxylic acids is 1. The molecule has 1 aliphatic rings. The lowest BCUT2D eigenvalue weighted by Gasteiger charge is -2.27. The molecule has 29 heavy (non-hydrogen) atoms. The topological polar surface area (TPSA) is 100 Å². The van der Waals surface area contributed by atoms with E-state index in [2.05, 4.69) is 20.3 Å². The first-order valence-corrected chi connectivity index (χ1v) is 10.4. The van der Waals surface area contributed by atoms with Gasteiger partial charge in [-0.25, -0.2) is 9.97 Å². The Balaban J connectivity index is 1.41. The molecule has 0 atom stereocenters. The molecule has 152 valence electrons. The van der Waals surface area contributed by atoms with E-state index < -0.39 is 0 Å². The molecule has 2 aromatic heterocycles. The quantitative estimate of drug-likeness (QED) is 0.666. The summed E-state index contributed by atoms with van der Waals surface area (Å²) in [5.74, 6) is 0.429. The van der Waals surface area contributed by atoms with Gasteiger partial charge in [-0.3, -0.25) is 14.6 Å². The number of ether oxygens (including phenoxy) is 1. The average molecular weight is 414 g/mol. The van der Waals surface area contributed by atoms with Gasteiger partial charge >= 0.3 is 0 Å². The normalized spacial score (nSPS) is 14.3. The first-order valence-electron chi connectivity index (χ1n) is 9.59. The number of rotatable bonds is 5. The Hall–Kier alpha value is -2.78. The van der Waals surface area contributed by atoms with Crippen LogP contribution in [-0.2, 0) is 16.0 Å². The molecule has 1 amide bonds. The van der Waals surface area contributed by atoms with Crippen LogP contribution in [0.3, 0.4) is 0 Å².